The van der Waals surface area contributed by atoms with Crippen molar-refractivity contribution in [1.82, 2.24) is 0 Å². The molecule has 2 N–H and O–H groups in total. The maximum Gasteiger partial charge on any atom is 0.189 e. The zero-order valence-corrected chi connectivity index (χ0v) is 14.4. The average Bonchev–Trinajstić information content (AvgIpc) is 2.63. The maximum atomic E-state index is 9.40. The summed E-state index contributed by atoms with van der Waals surface area (Å²) in [6.07, 6.45) is 0. The topological polar surface area (TPSA) is 40.5 Å². The van der Waals surface area contributed by atoms with Crippen LogP contribution in [0.15, 0.2) is 84.9 Å². The Kier molecular flexibility index (Phi) is 6.61. The lowest BCUT2D eigenvalue weighted by atomic mass is 10.0. The van der Waals surface area contributed by atoms with Gasteiger partial charge in [-0.05, 0) is 41.6 Å². The van der Waals surface area contributed by atoms with E-state index >= 15 is 0 Å². The molecule has 0 aliphatic heterocycles. The normalized spacial score (nSPS) is 9.50. The predicted octanol–water partition coefficient (Wildman–Crippen LogP) is 5.51. The van der Waals surface area contributed by atoms with Gasteiger partial charge in [0, 0.05) is 11.1 Å². The van der Waals surface area contributed by atoms with E-state index in [-0.39, 0.29) is 10.1 Å². The lowest BCUT2D eigenvalue weighted by Crippen LogP contribution is -1.97. The SMILES string of the molecule is OC(=S)c1ccccc1.OC(=S)c1ccccc1-c1ccccc1. The van der Waals surface area contributed by atoms with Crippen LogP contribution in [0, 0.1) is 0 Å². The zero-order chi connectivity index (χ0) is 17.4. The fraction of sp³-hybridized carbons (Fsp3) is 0. The third kappa shape index (κ3) is 4.98. The van der Waals surface area contributed by atoms with E-state index in [2.05, 4.69) is 12.2 Å². The first-order valence-electron chi connectivity index (χ1n) is 7.25. The Hall–Kier alpha value is -2.56. The predicted molar refractivity (Wildman–Crippen MR) is 107 cm³/mol. The van der Waals surface area contributed by atoms with Crippen LogP contribution < -0.4 is 0 Å². The van der Waals surface area contributed by atoms with Crippen LogP contribution in [0.2, 0.25) is 0 Å². The van der Waals surface area contributed by atoms with Crippen molar-refractivity contribution in [1.29, 1.82) is 0 Å². The molecule has 4 heteroatoms. The molecule has 0 amide bonds. The van der Waals surface area contributed by atoms with Gasteiger partial charge in [-0.1, -0.05) is 78.9 Å². The molecule has 0 unspecified atom stereocenters. The minimum atomic E-state index is -0.0607. The van der Waals surface area contributed by atoms with Gasteiger partial charge in [0.25, 0.3) is 0 Å². The van der Waals surface area contributed by atoms with Gasteiger partial charge in [0.2, 0.25) is 0 Å². The van der Waals surface area contributed by atoms with Crippen LogP contribution in [-0.2, 0) is 0 Å². The molecule has 0 saturated heterocycles. The highest BCUT2D eigenvalue weighted by molar-refractivity contribution is 7.80. The highest BCUT2D eigenvalue weighted by Crippen LogP contribution is 2.23. The van der Waals surface area contributed by atoms with E-state index in [0.717, 1.165) is 11.1 Å². The first-order valence-corrected chi connectivity index (χ1v) is 8.07. The van der Waals surface area contributed by atoms with Crippen LogP contribution in [0.5, 0.6) is 0 Å². The molecule has 120 valence electrons. The molecule has 0 aliphatic rings. The lowest BCUT2D eigenvalue weighted by Gasteiger charge is -2.06. The van der Waals surface area contributed by atoms with Gasteiger partial charge in [0.1, 0.15) is 0 Å². The summed E-state index contributed by atoms with van der Waals surface area (Å²) in [6.45, 7) is 0. The summed E-state index contributed by atoms with van der Waals surface area (Å²) in [5.74, 6) is 0. The van der Waals surface area contributed by atoms with Gasteiger partial charge in [0.05, 0.1) is 0 Å². The van der Waals surface area contributed by atoms with Crippen molar-refractivity contribution in [2.75, 3.05) is 0 Å². The highest BCUT2D eigenvalue weighted by atomic mass is 32.1. The molecular weight excluding hydrogens is 336 g/mol. The smallest absolute Gasteiger partial charge is 0.189 e. The molecule has 0 fully saturated rings. The Morgan fingerprint density at radius 1 is 0.583 bits per heavy atom. The van der Waals surface area contributed by atoms with Crippen LogP contribution in [0.1, 0.15) is 11.1 Å². The van der Waals surface area contributed by atoms with Gasteiger partial charge in [-0.25, -0.2) is 0 Å². The van der Waals surface area contributed by atoms with Crippen LogP contribution in [0.4, 0.5) is 0 Å². The Labute approximate surface area is 152 Å². The fourth-order valence-electron chi connectivity index (χ4n) is 2.12. The molecule has 0 spiro atoms. The van der Waals surface area contributed by atoms with E-state index in [9.17, 15) is 5.11 Å². The van der Waals surface area contributed by atoms with Crippen LogP contribution >= 0.6 is 24.4 Å². The number of aliphatic hydroxyl groups excluding tert-OH is 2. The van der Waals surface area contributed by atoms with Gasteiger partial charge in [-0.15, -0.1) is 0 Å². The fourth-order valence-corrected chi connectivity index (χ4v) is 2.43. The quantitative estimate of drug-likeness (QED) is 0.610. The molecule has 0 aromatic heterocycles. The molecule has 3 aromatic rings. The van der Waals surface area contributed by atoms with Crippen molar-refractivity contribution in [2.24, 2.45) is 0 Å². The second-order valence-electron chi connectivity index (χ2n) is 4.89. The second kappa shape index (κ2) is 8.91. The summed E-state index contributed by atoms with van der Waals surface area (Å²) >= 11 is 9.32. The van der Waals surface area contributed by atoms with E-state index in [1.807, 2.05) is 72.8 Å². The number of aliphatic hydroxyl groups is 2. The van der Waals surface area contributed by atoms with Crippen molar-refractivity contribution in [2.45, 2.75) is 0 Å². The Morgan fingerprint density at radius 2 is 1.08 bits per heavy atom. The summed E-state index contributed by atoms with van der Waals surface area (Å²) in [4.78, 5) is 0. The minimum absolute atomic E-state index is 0.0457. The molecule has 24 heavy (non-hydrogen) atoms. The molecule has 3 rings (SSSR count). The molecule has 0 aliphatic carbocycles. The van der Waals surface area contributed by atoms with Crippen LogP contribution in [-0.4, -0.2) is 20.3 Å². The first-order chi connectivity index (χ1) is 11.6. The van der Waals surface area contributed by atoms with E-state index in [1.54, 1.807) is 12.1 Å². The molecule has 2 nitrogen and oxygen atoms in total. The van der Waals surface area contributed by atoms with E-state index < -0.39 is 0 Å². The average molecular weight is 352 g/mol. The largest absolute Gasteiger partial charge is 0.499 e. The van der Waals surface area contributed by atoms with E-state index in [0.29, 0.717) is 11.1 Å². The van der Waals surface area contributed by atoms with Crippen molar-refractivity contribution >= 4 is 34.5 Å². The number of benzene rings is 3. The standard InChI is InChI=1S/C13H10OS.C7H6OS/c14-13(15)12-9-5-4-8-11(12)10-6-2-1-3-7-10;8-7(9)6-4-2-1-3-5-6/h1-9H,(H,14,15);1-5H,(H,8,9). The van der Waals surface area contributed by atoms with E-state index in [4.69, 9.17) is 17.3 Å². The monoisotopic (exact) mass is 352 g/mol. The van der Waals surface area contributed by atoms with Gasteiger partial charge in [0.15, 0.2) is 10.1 Å². The third-order valence-corrected chi connectivity index (χ3v) is 3.72. The van der Waals surface area contributed by atoms with Crippen LogP contribution in [0.3, 0.4) is 0 Å². The zero-order valence-electron chi connectivity index (χ0n) is 12.8. The molecule has 3 aromatic carbocycles. The van der Waals surface area contributed by atoms with Gasteiger partial charge < -0.3 is 10.2 Å². The number of hydrogen-bond donors (Lipinski definition) is 2. The lowest BCUT2D eigenvalue weighted by molar-refractivity contribution is 0.570. The number of rotatable bonds is 3. The van der Waals surface area contributed by atoms with E-state index in [1.165, 1.54) is 0 Å². The minimum Gasteiger partial charge on any atom is -0.499 e. The molecule has 0 radical (unpaired) electrons. The molecular formula is C20H16O2S2. The van der Waals surface area contributed by atoms with Gasteiger partial charge >= 0.3 is 0 Å². The summed E-state index contributed by atoms with van der Waals surface area (Å²) < 4.78 is 0. The number of hydrogen-bond acceptors (Lipinski definition) is 2. The van der Waals surface area contributed by atoms with Gasteiger partial charge in [-0.2, -0.15) is 0 Å². The Morgan fingerprint density at radius 3 is 1.58 bits per heavy atom. The third-order valence-electron chi connectivity index (χ3n) is 3.26. The molecule has 0 bridgehead atoms. The van der Waals surface area contributed by atoms with Crippen molar-refractivity contribution in [3.05, 3.63) is 96.1 Å². The molecule has 0 saturated carbocycles. The van der Waals surface area contributed by atoms with Crippen LogP contribution in [0.25, 0.3) is 11.1 Å². The first kappa shape index (κ1) is 17.8. The Balaban J connectivity index is 0.000000198. The van der Waals surface area contributed by atoms with Crippen molar-refractivity contribution in [3.8, 4) is 11.1 Å². The number of thiocarbonyl (C=S) groups is 2. The summed E-state index contributed by atoms with van der Waals surface area (Å²) in [6, 6.07) is 26.5. The summed E-state index contributed by atoms with van der Waals surface area (Å²) in [7, 11) is 0. The maximum absolute atomic E-state index is 9.40. The van der Waals surface area contributed by atoms with Crippen molar-refractivity contribution < 1.29 is 10.2 Å². The summed E-state index contributed by atoms with van der Waals surface area (Å²) in [5, 5.41) is 18.0. The van der Waals surface area contributed by atoms with Crippen molar-refractivity contribution in [3.63, 3.8) is 0 Å². The van der Waals surface area contributed by atoms with Gasteiger partial charge in [-0.3, -0.25) is 0 Å². The Bertz CT molecular complexity index is 815. The highest BCUT2D eigenvalue weighted by Gasteiger charge is 2.06. The molecule has 0 atom stereocenters. The second-order valence-corrected chi connectivity index (χ2v) is 5.66. The molecule has 0 heterocycles. The summed E-state index contributed by atoms with van der Waals surface area (Å²) in [5.41, 5.74) is 3.43.